The van der Waals surface area contributed by atoms with Gasteiger partial charge in [0.15, 0.2) is 9.84 Å². The van der Waals surface area contributed by atoms with E-state index in [4.69, 9.17) is 23.2 Å². The highest BCUT2D eigenvalue weighted by Crippen LogP contribution is 2.31. The maximum absolute atomic E-state index is 13.1. The van der Waals surface area contributed by atoms with E-state index in [1.807, 2.05) is 6.07 Å². The van der Waals surface area contributed by atoms with E-state index in [1.165, 1.54) is 17.1 Å². The Labute approximate surface area is 179 Å². The maximum atomic E-state index is 13.1. The number of carbonyl (C=O) groups is 1. The molecule has 0 aliphatic carbocycles. The number of nitrogens with zero attached hydrogens (tertiary/aromatic N) is 3. The molecule has 0 spiro atoms. The number of sulfone groups is 1. The van der Waals surface area contributed by atoms with Gasteiger partial charge in [0, 0.05) is 25.3 Å². The van der Waals surface area contributed by atoms with Crippen LogP contribution in [0.3, 0.4) is 0 Å². The molecule has 3 rings (SSSR count). The quantitative estimate of drug-likeness (QED) is 0.645. The molecule has 0 saturated heterocycles. The summed E-state index contributed by atoms with van der Waals surface area (Å²) < 4.78 is 26.1. The first-order valence-corrected chi connectivity index (χ1v) is 11.0. The van der Waals surface area contributed by atoms with E-state index < -0.39 is 21.5 Å². The molecule has 29 heavy (non-hydrogen) atoms. The zero-order valence-electron chi connectivity index (χ0n) is 16.1. The normalized spacial score (nSPS) is 15.8. The number of para-hydroxylation sites is 1. The van der Waals surface area contributed by atoms with Crippen molar-refractivity contribution in [3.63, 3.8) is 0 Å². The topological polar surface area (TPSA) is 70.0 Å². The van der Waals surface area contributed by atoms with Gasteiger partial charge in [-0.25, -0.2) is 8.42 Å². The number of hydrogen-bond donors (Lipinski definition) is 0. The zero-order chi connectivity index (χ0) is 21.3. The lowest BCUT2D eigenvalue weighted by Crippen LogP contribution is -2.24. The lowest BCUT2D eigenvalue weighted by molar-refractivity contribution is -0.114. The van der Waals surface area contributed by atoms with E-state index in [0.29, 0.717) is 16.3 Å². The van der Waals surface area contributed by atoms with Crippen LogP contribution in [0.4, 0.5) is 5.69 Å². The second kappa shape index (κ2) is 8.18. The molecule has 0 radical (unpaired) electrons. The van der Waals surface area contributed by atoms with Gasteiger partial charge in [-0.3, -0.25) is 4.79 Å². The Morgan fingerprint density at radius 1 is 1.10 bits per heavy atom. The summed E-state index contributed by atoms with van der Waals surface area (Å²) >= 11 is 12.2. The highest BCUT2D eigenvalue weighted by molar-refractivity contribution is 7.92. The molecule has 1 amide bonds. The molecule has 1 heterocycles. The predicted octanol–water partition coefficient (Wildman–Crippen LogP) is 3.92. The van der Waals surface area contributed by atoms with Crippen LogP contribution in [-0.2, 0) is 14.6 Å². The van der Waals surface area contributed by atoms with Gasteiger partial charge in [0.1, 0.15) is 0 Å². The van der Waals surface area contributed by atoms with Crippen molar-refractivity contribution in [3.8, 4) is 0 Å². The molecule has 0 atom stereocenters. The molecular weight excluding hydrogens is 433 g/mol. The number of amides is 1. The van der Waals surface area contributed by atoms with Crippen LogP contribution >= 0.6 is 23.2 Å². The number of carbonyl (C=O) groups excluding carboxylic acids is 1. The van der Waals surface area contributed by atoms with E-state index >= 15 is 0 Å². The summed E-state index contributed by atoms with van der Waals surface area (Å²) in [6, 6.07) is 11.7. The summed E-state index contributed by atoms with van der Waals surface area (Å²) in [7, 11) is -0.377. The summed E-state index contributed by atoms with van der Waals surface area (Å²) in [6.07, 6.45) is 1.56. The van der Waals surface area contributed by atoms with Crippen molar-refractivity contribution in [2.24, 2.45) is 5.10 Å². The second-order valence-electron chi connectivity index (χ2n) is 6.80. The molecule has 0 bridgehead atoms. The van der Waals surface area contributed by atoms with Crippen molar-refractivity contribution in [2.75, 3.05) is 24.9 Å². The molecule has 9 heteroatoms. The molecule has 0 fully saturated rings. The monoisotopic (exact) mass is 451 g/mol. The number of aryl methyl sites for hydroxylation is 1. The summed E-state index contributed by atoms with van der Waals surface area (Å²) in [5.41, 5.74) is 1.50. The molecule has 152 valence electrons. The van der Waals surface area contributed by atoms with Gasteiger partial charge in [-0.15, -0.1) is 0 Å². The minimum absolute atomic E-state index is 0.0311. The number of hydrogen-bond acceptors (Lipinski definition) is 5. The lowest BCUT2D eigenvalue weighted by Gasteiger charge is -2.12. The van der Waals surface area contributed by atoms with Crippen molar-refractivity contribution in [2.45, 2.75) is 11.8 Å². The Hall–Kier alpha value is -2.35. The van der Waals surface area contributed by atoms with Crippen LogP contribution in [0.2, 0.25) is 10.0 Å². The Bertz CT molecular complexity index is 1130. The molecule has 0 aromatic heterocycles. The van der Waals surface area contributed by atoms with E-state index in [-0.39, 0.29) is 21.2 Å². The third-order valence-electron chi connectivity index (χ3n) is 4.22. The number of anilines is 1. The standard InChI is InChI=1S/C20H19Cl2N3O3S/c1-13-9-19(17(22)10-16(13)21)29(27,28)12-18-15(11-24(2)3)20(26)25(23-18)14-7-5-4-6-8-14/h4-11H,12H2,1-3H3. The van der Waals surface area contributed by atoms with Gasteiger partial charge >= 0.3 is 0 Å². The number of hydrazone groups is 1. The van der Waals surface area contributed by atoms with E-state index in [9.17, 15) is 13.2 Å². The van der Waals surface area contributed by atoms with Crippen molar-refractivity contribution in [1.82, 2.24) is 4.90 Å². The first-order chi connectivity index (χ1) is 13.6. The number of halogens is 2. The fraction of sp³-hybridized carbons (Fsp3) is 0.200. The lowest BCUT2D eigenvalue weighted by atomic mass is 10.2. The highest BCUT2D eigenvalue weighted by atomic mass is 35.5. The minimum atomic E-state index is -3.87. The van der Waals surface area contributed by atoms with Gasteiger partial charge < -0.3 is 4.90 Å². The van der Waals surface area contributed by atoms with Gasteiger partial charge in [0.05, 0.1) is 32.6 Å². The molecule has 2 aromatic carbocycles. The SMILES string of the molecule is Cc1cc(S(=O)(=O)CC2=NN(c3ccccc3)C(=O)C2=CN(C)C)c(Cl)cc1Cl. The van der Waals surface area contributed by atoms with Crippen molar-refractivity contribution in [1.29, 1.82) is 0 Å². The van der Waals surface area contributed by atoms with Crippen LogP contribution in [0.15, 0.2) is 64.2 Å². The van der Waals surface area contributed by atoms with Crippen LogP contribution in [0.25, 0.3) is 0 Å². The average molecular weight is 452 g/mol. The van der Waals surface area contributed by atoms with E-state index in [1.54, 1.807) is 56.4 Å². The van der Waals surface area contributed by atoms with Crippen LogP contribution < -0.4 is 5.01 Å². The van der Waals surface area contributed by atoms with Crippen molar-refractivity contribution in [3.05, 3.63) is 69.8 Å². The third-order valence-corrected chi connectivity index (χ3v) is 6.71. The van der Waals surface area contributed by atoms with Crippen molar-refractivity contribution >= 4 is 50.3 Å². The molecule has 0 N–H and O–H groups in total. The first kappa shape index (κ1) is 21.4. The summed E-state index contributed by atoms with van der Waals surface area (Å²) in [5, 5.41) is 5.93. The number of rotatable bonds is 5. The summed E-state index contributed by atoms with van der Waals surface area (Å²) in [6.45, 7) is 1.70. The Morgan fingerprint density at radius 3 is 2.38 bits per heavy atom. The summed E-state index contributed by atoms with van der Waals surface area (Å²) in [5.74, 6) is -0.865. The largest absolute Gasteiger partial charge is 0.383 e. The summed E-state index contributed by atoms with van der Waals surface area (Å²) in [4.78, 5) is 14.5. The van der Waals surface area contributed by atoms with Gasteiger partial charge in [-0.2, -0.15) is 10.1 Å². The fourth-order valence-corrected chi connectivity index (χ4v) is 5.00. The van der Waals surface area contributed by atoms with E-state index in [2.05, 4.69) is 5.10 Å². The van der Waals surface area contributed by atoms with Crippen LogP contribution in [0.1, 0.15) is 5.56 Å². The fourth-order valence-electron chi connectivity index (χ4n) is 2.82. The molecule has 0 unspecified atom stereocenters. The molecule has 1 aliphatic heterocycles. The van der Waals surface area contributed by atoms with Crippen molar-refractivity contribution < 1.29 is 13.2 Å². The van der Waals surface area contributed by atoms with Gasteiger partial charge in [-0.1, -0.05) is 41.4 Å². The smallest absolute Gasteiger partial charge is 0.282 e. The van der Waals surface area contributed by atoms with Crippen LogP contribution in [0.5, 0.6) is 0 Å². The van der Waals surface area contributed by atoms with Gasteiger partial charge in [0.2, 0.25) is 0 Å². The van der Waals surface area contributed by atoms with Gasteiger partial charge in [0.25, 0.3) is 5.91 Å². The number of benzene rings is 2. The molecule has 1 aliphatic rings. The molecular formula is C20H19Cl2N3O3S. The molecule has 2 aromatic rings. The Kier molecular flexibility index (Phi) is 6.03. The van der Waals surface area contributed by atoms with Gasteiger partial charge in [-0.05, 0) is 36.8 Å². The predicted molar refractivity (Wildman–Crippen MR) is 116 cm³/mol. The first-order valence-electron chi connectivity index (χ1n) is 8.64. The molecule has 0 saturated carbocycles. The zero-order valence-corrected chi connectivity index (χ0v) is 18.4. The minimum Gasteiger partial charge on any atom is -0.383 e. The second-order valence-corrected chi connectivity index (χ2v) is 9.57. The Morgan fingerprint density at radius 2 is 1.76 bits per heavy atom. The van der Waals surface area contributed by atoms with E-state index in [0.717, 1.165) is 0 Å². The maximum Gasteiger partial charge on any atom is 0.282 e. The van der Waals surface area contributed by atoms with Crippen LogP contribution in [-0.4, -0.2) is 44.8 Å². The van der Waals surface area contributed by atoms with Crippen LogP contribution in [0, 0.1) is 6.92 Å². The Balaban J connectivity index is 2.05. The highest BCUT2D eigenvalue weighted by Gasteiger charge is 2.35. The molecule has 6 nitrogen and oxygen atoms in total. The third kappa shape index (κ3) is 4.47. The average Bonchev–Trinajstić information content (AvgIpc) is 2.94.